The van der Waals surface area contributed by atoms with E-state index in [1.807, 2.05) is 0 Å². The van der Waals surface area contributed by atoms with Crippen LogP contribution in [0.25, 0.3) is 0 Å². The number of halogens is 3. The maximum absolute atomic E-state index is 13.0. The lowest BCUT2D eigenvalue weighted by Gasteiger charge is -2.73. The number of benzene rings is 1. The summed E-state index contributed by atoms with van der Waals surface area (Å²) in [5.41, 5.74) is 0.200. The maximum atomic E-state index is 13.0. The Morgan fingerprint density at radius 1 is 1.26 bits per heavy atom. The van der Waals surface area contributed by atoms with Crippen LogP contribution in [0.3, 0.4) is 0 Å². The van der Waals surface area contributed by atoms with Crippen LogP contribution in [0, 0.1) is 11.3 Å². The summed E-state index contributed by atoms with van der Waals surface area (Å²) < 4.78 is 42.2. The first-order chi connectivity index (χ1) is 16.4. The molecule has 4 aliphatic carbocycles. The molecular weight excluding hydrogens is 484 g/mol. The molecule has 1 aromatic rings. The molecule has 6 aliphatic rings. The molecule has 1 unspecified atom stereocenters. The third kappa shape index (κ3) is 4.00. The molecule has 2 bridgehead atoms. The van der Waals surface area contributed by atoms with E-state index >= 15 is 0 Å². The highest BCUT2D eigenvalue weighted by atomic mass is 35.5. The molecule has 10 heteroatoms. The van der Waals surface area contributed by atoms with Gasteiger partial charge in [-0.05, 0) is 55.7 Å². The second kappa shape index (κ2) is 7.76. The Hall–Kier alpha value is -1.97. The predicted molar refractivity (Wildman–Crippen MR) is 119 cm³/mol. The normalized spacial score (nSPS) is 39.5. The van der Waals surface area contributed by atoms with Gasteiger partial charge in [-0.1, -0.05) is 11.6 Å². The smallest absolute Gasteiger partial charge is 0.410 e. The highest BCUT2D eigenvalue weighted by Gasteiger charge is 2.72. The van der Waals surface area contributed by atoms with Crippen molar-refractivity contribution in [3.63, 3.8) is 0 Å². The minimum absolute atomic E-state index is 0.0341. The number of carbonyl (C=O) groups excluding carboxylic acids is 2. The first-order valence-corrected chi connectivity index (χ1v) is 12.5. The van der Waals surface area contributed by atoms with E-state index < -0.39 is 24.4 Å². The summed E-state index contributed by atoms with van der Waals surface area (Å²) in [5, 5.41) is 11.0. The van der Waals surface area contributed by atoms with E-state index in [0.717, 1.165) is 26.2 Å². The van der Waals surface area contributed by atoms with E-state index in [4.69, 9.17) is 25.8 Å². The molecule has 3 atom stereocenters. The number of ether oxygens (including phenoxy) is 3. The van der Waals surface area contributed by atoms with Gasteiger partial charge in [-0.3, -0.25) is 9.69 Å². The number of Topliss-reactive ketones (excluding diaryl/α,β-unsaturated/α-hetero) is 1. The summed E-state index contributed by atoms with van der Waals surface area (Å²) in [4.78, 5) is 27.4. The summed E-state index contributed by atoms with van der Waals surface area (Å²) in [6.45, 7) is 1.19. The summed E-state index contributed by atoms with van der Waals surface area (Å²) in [7, 11) is 0. The van der Waals surface area contributed by atoms with Gasteiger partial charge < -0.3 is 19.3 Å². The number of rotatable bonds is 7. The second-order valence-corrected chi connectivity index (χ2v) is 11.7. The first kappa shape index (κ1) is 23.4. The van der Waals surface area contributed by atoms with Crippen molar-refractivity contribution in [2.45, 2.75) is 87.9 Å². The number of alkyl halides is 2. The molecule has 35 heavy (non-hydrogen) atoms. The molecule has 190 valence electrons. The van der Waals surface area contributed by atoms with Crippen molar-refractivity contribution in [3.8, 4) is 5.75 Å². The van der Waals surface area contributed by atoms with Crippen LogP contribution >= 0.6 is 11.6 Å². The van der Waals surface area contributed by atoms with Gasteiger partial charge >= 0.3 is 12.2 Å². The zero-order chi connectivity index (χ0) is 24.8. The maximum Gasteiger partial charge on any atom is 0.410 e. The van der Waals surface area contributed by atoms with Crippen LogP contribution in [0.15, 0.2) is 18.2 Å². The van der Waals surface area contributed by atoms with Crippen molar-refractivity contribution in [2.75, 3.05) is 6.54 Å². The number of carbonyl (C=O) groups is 2. The standard InChI is InChI=1S/C25H28ClF2NO6/c1-23(27,28)35-15-4-13(5-15)21-9-29(22(32)34-21)25-10-24(11-25,12-25)8-18(31)20-7-17(30)16-6-14(26)2-3-19(16)33-20/h2-3,6,13,15,17,20-21,30H,4-5,7-12H2,1H3/t13?,15?,17-,20+,21?,24?,25?/m1/s1. The highest BCUT2D eigenvalue weighted by Crippen LogP contribution is 2.72. The Labute approximate surface area is 206 Å². The quantitative estimate of drug-likeness (QED) is 0.574. The molecule has 7 nitrogen and oxygen atoms in total. The second-order valence-electron chi connectivity index (χ2n) is 11.2. The third-order valence-electron chi connectivity index (χ3n) is 8.50. The van der Waals surface area contributed by atoms with E-state index in [1.165, 1.54) is 0 Å². The molecule has 1 saturated heterocycles. The van der Waals surface area contributed by atoms with Gasteiger partial charge in [-0.2, -0.15) is 8.78 Å². The zero-order valence-corrected chi connectivity index (χ0v) is 20.1. The minimum Gasteiger partial charge on any atom is -0.482 e. The topological polar surface area (TPSA) is 85.3 Å². The van der Waals surface area contributed by atoms with Crippen molar-refractivity contribution < 1.29 is 37.7 Å². The van der Waals surface area contributed by atoms with Gasteiger partial charge in [0.2, 0.25) is 0 Å². The molecule has 0 spiro atoms. The van der Waals surface area contributed by atoms with Crippen molar-refractivity contribution in [1.29, 1.82) is 0 Å². The Morgan fingerprint density at radius 2 is 1.97 bits per heavy atom. The third-order valence-corrected chi connectivity index (χ3v) is 8.73. The van der Waals surface area contributed by atoms with Crippen LogP contribution in [0.4, 0.5) is 13.6 Å². The monoisotopic (exact) mass is 511 g/mol. The van der Waals surface area contributed by atoms with Gasteiger partial charge in [-0.15, -0.1) is 0 Å². The van der Waals surface area contributed by atoms with Crippen molar-refractivity contribution in [3.05, 3.63) is 28.8 Å². The molecule has 1 amide bonds. The number of cyclic esters (lactones) is 1. The number of aliphatic hydroxyl groups is 1. The Kier molecular flexibility index (Phi) is 5.20. The minimum atomic E-state index is -3.15. The Balaban J connectivity index is 1.01. The first-order valence-electron chi connectivity index (χ1n) is 12.2. The number of aliphatic hydroxyl groups excluding tert-OH is 1. The van der Waals surface area contributed by atoms with E-state index in [1.54, 1.807) is 23.1 Å². The van der Waals surface area contributed by atoms with Crippen LogP contribution in [0.5, 0.6) is 5.75 Å². The van der Waals surface area contributed by atoms with Crippen molar-refractivity contribution in [1.82, 2.24) is 4.90 Å². The molecule has 5 fully saturated rings. The lowest BCUT2D eigenvalue weighted by Crippen LogP contribution is -2.75. The van der Waals surface area contributed by atoms with Gasteiger partial charge in [0.15, 0.2) is 11.9 Å². The van der Waals surface area contributed by atoms with Crippen LogP contribution in [0.2, 0.25) is 5.02 Å². The number of hydrogen-bond acceptors (Lipinski definition) is 6. The highest BCUT2D eigenvalue weighted by molar-refractivity contribution is 6.30. The van der Waals surface area contributed by atoms with E-state index in [9.17, 15) is 23.5 Å². The summed E-state index contributed by atoms with van der Waals surface area (Å²) in [6.07, 6.45) is -2.10. The molecule has 7 rings (SSSR count). The van der Waals surface area contributed by atoms with Gasteiger partial charge in [0.25, 0.3) is 0 Å². The van der Waals surface area contributed by atoms with Crippen LogP contribution < -0.4 is 4.74 Å². The lowest BCUT2D eigenvalue weighted by molar-refractivity contribution is -0.271. The fourth-order valence-electron chi connectivity index (χ4n) is 6.93. The number of nitrogens with zero attached hydrogens (tertiary/aromatic N) is 1. The Morgan fingerprint density at radius 3 is 2.66 bits per heavy atom. The molecular formula is C25H28ClF2NO6. The summed E-state index contributed by atoms with van der Waals surface area (Å²) in [5.74, 6) is 0.484. The molecule has 1 N–H and O–H groups in total. The molecule has 1 aromatic carbocycles. The summed E-state index contributed by atoms with van der Waals surface area (Å²) >= 11 is 6.00. The van der Waals surface area contributed by atoms with Gasteiger partial charge in [0.1, 0.15) is 11.9 Å². The number of ketones is 1. The molecule has 2 heterocycles. The number of fused-ring (bicyclic) bond motifs is 1. The van der Waals surface area contributed by atoms with Crippen molar-refractivity contribution in [2.24, 2.45) is 11.3 Å². The molecule has 0 aromatic heterocycles. The van der Waals surface area contributed by atoms with Crippen molar-refractivity contribution >= 4 is 23.5 Å². The van der Waals surface area contributed by atoms with Crippen LogP contribution in [-0.2, 0) is 14.3 Å². The average Bonchev–Trinajstić information content (AvgIpc) is 3.06. The largest absolute Gasteiger partial charge is 0.482 e. The zero-order valence-electron chi connectivity index (χ0n) is 19.3. The Bertz CT molecular complexity index is 1050. The van der Waals surface area contributed by atoms with Gasteiger partial charge in [-0.25, -0.2) is 4.79 Å². The fraction of sp³-hybridized carbons (Fsp3) is 0.680. The number of hydrogen-bond donors (Lipinski definition) is 1. The van der Waals surface area contributed by atoms with Crippen LogP contribution in [0.1, 0.15) is 63.5 Å². The SMILES string of the molecule is CC(F)(F)OC1CC(C2CN(C34CC(CC(=O)[C@@H]5C[C@@H](O)c6cc(Cl)ccc6O5)(C3)C4)C(=O)O2)C1. The molecule has 0 radical (unpaired) electrons. The average molecular weight is 512 g/mol. The number of amides is 1. The van der Waals surface area contributed by atoms with E-state index in [-0.39, 0.29) is 41.3 Å². The van der Waals surface area contributed by atoms with Crippen LogP contribution in [-0.4, -0.2) is 58.4 Å². The van der Waals surface area contributed by atoms with Gasteiger partial charge in [0.05, 0.1) is 18.8 Å². The van der Waals surface area contributed by atoms with E-state index in [0.29, 0.717) is 42.1 Å². The molecule has 4 saturated carbocycles. The summed E-state index contributed by atoms with van der Waals surface area (Å²) in [6, 6.07) is 5.00. The van der Waals surface area contributed by atoms with E-state index in [2.05, 4.69) is 0 Å². The fourth-order valence-corrected chi connectivity index (χ4v) is 7.11. The molecule has 2 aliphatic heterocycles. The lowest BCUT2D eigenvalue weighted by atomic mass is 9.37. The van der Waals surface area contributed by atoms with Gasteiger partial charge in [0, 0.05) is 41.8 Å². The predicted octanol–water partition coefficient (Wildman–Crippen LogP) is 4.64.